The lowest BCUT2D eigenvalue weighted by molar-refractivity contribution is 0.199. The largest absolute Gasteiger partial charge is 0.389 e. The zero-order chi connectivity index (χ0) is 11.6. The van der Waals surface area contributed by atoms with Crippen LogP contribution in [0.1, 0.15) is 18.6 Å². The van der Waals surface area contributed by atoms with Gasteiger partial charge in [-0.3, -0.25) is 4.31 Å². The van der Waals surface area contributed by atoms with Gasteiger partial charge in [0.2, 0.25) is 10.0 Å². The topological polar surface area (TPSA) is 57.6 Å². The normalized spacial score (nSPS) is 13.6. The molecular weight excluding hydrogens is 214 g/mol. The first-order valence-corrected chi connectivity index (χ1v) is 6.39. The molecule has 0 saturated heterocycles. The van der Waals surface area contributed by atoms with E-state index < -0.39 is 16.1 Å². The average molecular weight is 229 g/mol. The molecule has 5 heteroatoms. The number of hydrogen-bond donors (Lipinski definition) is 1. The molecule has 0 bridgehead atoms. The fourth-order valence-corrected chi connectivity index (χ4v) is 1.67. The van der Waals surface area contributed by atoms with Gasteiger partial charge in [-0.15, -0.1) is 0 Å². The van der Waals surface area contributed by atoms with Gasteiger partial charge in [-0.25, -0.2) is 8.42 Å². The minimum atomic E-state index is -3.25. The maximum Gasteiger partial charge on any atom is 0.231 e. The Bertz CT molecular complexity index is 440. The lowest BCUT2D eigenvalue weighted by atomic mass is 10.1. The van der Waals surface area contributed by atoms with Gasteiger partial charge in [-0.05, 0) is 24.6 Å². The highest BCUT2D eigenvalue weighted by Gasteiger charge is 2.12. The first-order valence-electron chi connectivity index (χ1n) is 4.54. The summed E-state index contributed by atoms with van der Waals surface area (Å²) >= 11 is 0. The lowest BCUT2D eigenvalue weighted by Crippen LogP contribution is -2.24. The molecule has 1 atom stereocenters. The van der Waals surface area contributed by atoms with Crippen LogP contribution in [0.3, 0.4) is 0 Å². The first kappa shape index (κ1) is 12.0. The number of aliphatic hydroxyl groups excluding tert-OH is 1. The van der Waals surface area contributed by atoms with Crippen LogP contribution < -0.4 is 4.31 Å². The van der Waals surface area contributed by atoms with Crippen molar-refractivity contribution in [2.45, 2.75) is 13.0 Å². The van der Waals surface area contributed by atoms with Gasteiger partial charge >= 0.3 is 0 Å². The van der Waals surface area contributed by atoms with Gasteiger partial charge in [-0.1, -0.05) is 12.1 Å². The molecule has 1 rings (SSSR count). The molecular formula is C10H15NO3S. The highest BCUT2D eigenvalue weighted by molar-refractivity contribution is 7.92. The van der Waals surface area contributed by atoms with E-state index in [1.54, 1.807) is 31.2 Å². The van der Waals surface area contributed by atoms with Gasteiger partial charge < -0.3 is 5.11 Å². The molecule has 0 aliphatic rings. The minimum absolute atomic E-state index is 0.552. The summed E-state index contributed by atoms with van der Waals surface area (Å²) in [6.07, 6.45) is 0.542. The van der Waals surface area contributed by atoms with E-state index in [-0.39, 0.29) is 0 Å². The van der Waals surface area contributed by atoms with E-state index in [4.69, 9.17) is 0 Å². The quantitative estimate of drug-likeness (QED) is 0.845. The van der Waals surface area contributed by atoms with Crippen molar-refractivity contribution in [2.24, 2.45) is 0 Å². The van der Waals surface area contributed by atoms with Crippen LogP contribution in [-0.2, 0) is 10.0 Å². The summed E-state index contributed by atoms with van der Waals surface area (Å²) in [5.74, 6) is 0. The molecule has 0 spiro atoms. The summed E-state index contributed by atoms with van der Waals surface area (Å²) in [7, 11) is -1.76. The molecule has 1 aromatic rings. The van der Waals surface area contributed by atoms with E-state index >= 15 is 0 Å². The fourth-order valence-electron chi connectivity index (χ4n) is 1.17. The maximum atomic E-state index is 11.3. The minimum Gasteiger partial charge on any atom is -0.389 e. The van der Waals surface area contributed by atoms with Gasteiger partial charge in [0.1, 0.15) is 0 Å². The Labute approximate surface area is 90.2 Å². The van der Waals surface area contributed by atoms with Crippen LogP contribution in [0.2, 0.25) is 0 Å². The zero-order valence-corrected chi connectivity index (χ0v) is 9.82. The van der Waals surface area contributed by atoms with Gasteiger partial charge in [0.15, 0.2) is 0 Å². The molecule has 0 radical (unpaired) electrons. The molecule has 15 heavy (non-hydrogen) atoms. The fraction of sp³-hybridized carbons (Fsp3) is 0.400. The summed E-state index contributed by atoms with van der Waals surface area (Å²) in [6.45, 7) is 1.64. The summed E-state index contributed by atoms with van der Waals surface area (Å²) < 4.78 is 23.7. The summed E-state index contributed by atoms with van der Waals surface area (Å²) in [6, 6.07) is 6.82. The molecule has 1 unspecified atom stereocenters. The first-order chi connectivity index (χ1) is 6.82. The smallest absolute Gasteiger partial charge is 0.231 e. The van der Waals surface area contributed by atoms with E-state index in [1.165, 1.54) is 11.4 Å². The molecule has 1 aromatic carbocycles. The standard InChI is InChI=1S/C10H15NO3S/c1-8(12)9-5-4-6-10(7-9)11(2)15(3,13)14/h4-8,12H,1-3H3. The predicted octanol–water partition coefficient (Wildman–Crippen LogP) is 1.14. The molecule has 0 aliphatic carbocycles. The van der Waals surface area contributed by atoms with Crippen molar-refractivity contribution in [1.82, 2.24) is 0 Å². The molecule has 0 aliphatic heterocycles. The number of benzene rings is 1. The van der Waals surface area contributed by atoms with Crippen LogP contribution in [0, 0.1) is 0 Å². The van der Waals surface area contributed by atoms with Crippen molar-refractivity contribution in [1.29, 1.82) is 0 Å². The molecule has 0 aromatic heterocycles. The lowest BCUT2D eigenvalue weighted by Gasteiger charge is -2.17. The maximum absolute atomic E-state index is 11.3. The number of hydrogen-bond acceptors (Lipinski definition) is 3. The van der Waals surface area contributed by atoms with Crippen LogP contribution in [0.4, 0.5) is 5.69 Å². The number of anilines is 1. The Balaban J connectivity index is 3.11. The number of aliphatic hydroxyl groups is 1. The highest BCUT2D eigenvalue weighted by Crippen LogP contribution is 2.20. The summed E-state index contributed by atoms with van der Waals surface area (Å²) in [5, 5.41) is 9.36. The van der Waals surface area contributed by atoms with Crippen LogP contribution in [-0.4, -0.2) is 26.8 Å². The highest BCUT2D eigenvalue weighted by atomic mass is 32.2. The van der Waals surface area contributed by atoms with Crippen molar-refractivity contribution >= 4 is 15.7 Å². The van der Waals surface area contributed by atoms with E-state index in [2.05, 4.69) is 0 Å². The van der Waals surface area contributed by atoms with Crippen LogP contribution in [0.5, 0.6) is 0 Å². The molecule has 0 saturated carbocycles. The Kier molecular flexibility index (Phi) is 3.36. The number of sulfonamides is 1. The molecule has 0 amide bonds. The van der Waals surface area contributed by atoms with Gasteiger partial charge in [0.05, 0.1) is 18.0 Å². The van der Waals surface area contributed by atoms with E-state index in [9.17, 15) is 13.5 Å². The molecule has 1 N–H and O–H groups in total. The predicted molar refractivity (Wildman–Crippen MR) is 60.3 cm³/mol. The third-order valence-corrected chi connectivity index (χ3v) is 3.42. The average Bonchev–Trinajstić information content (AvgIpc) is 2.15. The molecule has 4 nitrogen and oxygen atoms in total. The van der Waals surface area contributed by atoms with E-state index in [1.807, 2.05) is 0 Å². The van der Waals surface area contributed by atoms with Gasteiger partial charge in [-0.2, -0.15) is 0 Å². The summed E-state index contributed by atoms with van der Waals surface area (Å²) in [5.41, 5.74) is 1.25. The van der Waals surface area contributed by atoms with E-state index in [0.717, 1.165) is 6.26 Å². The number of rotatable bonds is 3. The second kappa shape index (κ2) is 4.20. The Morgan fingerprint density at radius 1 is 1.40 bits per heavy atom. The Hall–Kier alpha value is -1.07. The van der Waals surface area contributed by atoms with Crippen LogP contribution >= 0.6 is 0 Å². The van der Waals surface area contributed by atoms with Crippen LogP contribution in [0.25, 0.3) is 0 Å². The van der Waals surface area contributed by atoms with Crippen molar-refractivity contribution in [3.63, 3.8) is 0 Å². The zero-order valence-electron chi connectivity index (χ0n) is 9.01. The van der Waals surface area contributed by atoms with Crippen LogP contribution in [0.15, 0.2) is 24.3 Å². The molecule has 84 valence electrons. The van der Waals surface area contributed by atoms with Crippen molar-refractivity contribution in [3.8, 4) is 0 Å². The number of nitrogens with zero attached hydrogens (tertiary/aromatic N) is 1. The Morgan fingerprint density at radius 3 is 2.47 bits per heavy atom. The second-order valence-corrected chi connectivity index (χ2v) is 5.52. The SMILES string of the molecule is CC(O)c1cccc(N(C)S(C)(=O)=O)c1. The molecule has 0 heterocycles. The van der Waals surface area contributed by atoms with Gasteiger partial charge in [0.25, 0.3) is 0 Å². The van der Waals surface area contributed by atoms with E-state index in [0.29, 0.717) is 11.3 Å². The third kappa shape index (κ3) is 2.94. The monoisotopic (exact) mass is 229 g/mol. The Morgan fingerprint density at radius 2 is 2.00 bits per heavy atom. The van der Waals surface area contributed by atoms with Crippen molar-refractivity contribution < 1.29 is 13.5 Å². The molecule has 0 fully saturated rings. The second-order valence-electron chi connectivity index (χ2n) is 3.50. The third-order valence-electron chi connectivity index (χ3n) is 2.21. The van der Waals surface area contributed by atoms with Gasteiger partial charge in [0, 0.05) is 7.05 Å². The van der Waals surface area contributed by atoms with Crippen molar-refractivity contribution in [3.05, 3.63) is 29.8 Å². The van der Waals surface area contributed by atoms with Crippen molar-refractivity contribution in [2.75, 3.05) is 17.6 Å². The summed E-state index contributed by atoms with van der Waals surface area (Å²) in [4.78, 5) is 0.